The van der Waals surface area contributed by atoms with Gasteiger partial charge in [-0.15, -0.1) is 0 Å². The summed E-state index contributed by atoms with van der Waals surface area (Å²) in [5.41, 5.74) is 0.622. The van der Waals surface area contributed by atoms with Crippen LogP contribution in [-0.4, -0.2) is 61.1 Å². The van der Waals surface area contributed by atoms with Crippen LogP contribution in [0.25, 0.3) is 0 Å². The number of carbonyl (C=O) groups is 4. The lowest BCUT2D eigenvalue weighted by molar-refractivity contribution is -0.137. The second kappa shape index (κ2) is 9.67. The number of aliphatic carboxylic acids is 1. The average molecular weight is 433 g/mol. The number of carboxylic acids is 1. The van der Waals surface area contributed by atoms with Crippen LogP contribution in [0.2, 0.25) is 0 Å². The van der Waals surface area contributed by atoms with Gasteiger partial charge < -0.3 is 30.1 Å². The standard InChI is InChI=1S/C21H27N3O7/c1-12(2)19(21(29)22-6-5-18(26)27)23-20(28)13-9-17(25)24(11-13)14-3-4-15-16(10-14)31-8-7-30-15/h3-4,10,12-13,19H,5-9,11H2,1-2H3,(H,22,29)(H,23,28)(H,26,27)/t13?,19-/m0/s1. The smallest absolute Gasteiger partial charge is 0.305 e. The van der Waals surface area contributed by atoms with E-state index in [-0.39, 0.29) is 43.7 Å². The van der Waals surface area contributed by atoms with Crippen LogP contribution in [0.5, 0.6) is 11.5 Å². The first-order valence-corrected chi connectivity index (χ1v) is 10.3. The van der Waals surface area contributed by atoms with Gasteiger partial charge in [0.05, 0.1) is 12.3 Å². The predicted molar refractivity (Wildman–Crippen MR) is 110 cm³/mol. The van der Waals surface area contributed by atoms with Crippen molar-refractivity contribution in [2.45, 2.75) is 32.7 Å². The molecule has 2 heterocycles. The van der Waals surface area contributed by atoms with Gasteiger partial charge in [-0.1, -0.05) is 13.8 Å². The third-order valence-electron chi connectivity index (χ3n) is 5.22. The van der Waals surface area contributed by atoms with E-state index in [1.54, 1.807) is 32.0 Å². The van der Waals surface area contributed by atoms with Crippen molar-refractivity contribution < 1.29 is 33.8 Å². The van der Waals surface area contributed by atoms with E-state index in [0.29, 0.717) is 30.4 Å². The normalized spacial score (nSPS) is 18.6. The maximum absolute atomic E-state index is 12.8. The minimum Gasteiger partial charge on any atom is -0.486 e. The molecule has 2 aliphatic rings. The number of benzene rings is 1. The van der Waals surface area contributed by atoms with Crippen LogP contribution < -0.4 is 25.0 Å². The molecular weight excluding hydrogens is 406 g/mol. The van der Waals surface area contributed by atoms with E-state index in [0.717, 1.165) is 0 Å². The van der Waals surface area contributed by atoms with E-state index < -0.39 is 23.8 Å². The molecule has 0 aromatic heterocycles. The lowest BCUT2D eigenvalue weighted by Gasteiger charge is -2.24. The molecule has 1 aromatic rings. The van der Waals surface area contributed by atoms with Crippen LogP contribution in [0, 0.1) is 11.8 Å². The van der Waals surface area contributed by atoms with Crippen molar-refractivity contribution in [2.75, 3.05) is 31.2 Å². The molecule has 3 rings (SSSR count). The highest BCUT2D eigenvalue weighted by atomic mass is 16.6. The van der Waals surface area contributed by atoms with Gasteiger partial charge in [0.15, 0.2) is 11.5 Å². The molecule has 10 heteroatoms. The summed E-state index contributed by atoms with van der Waals surface area (Å²) >= 11 is 0. The fourth-order valence-corrected chi connectivity index (χ4v) is 3.54. The van der Waals surface area contributed by atoms with Crippen molar-refractivity contribution >= 4 is 29.4 Å². The lowest BCUT2D eigenvalue weighted by Crippen LogP contribution is -2.51. The molecule has 1 aromatic carbocycles. The minimum absolute atomic E-state index is 0.0208. The first-order chi connectivity index (χ1) is 14.8. The molecule has 0 bridgehead atoms. The lowest BCUT2D eigenvalue weighted by atomic mass is 10.0. The first-order valence-electron chi connectivity index (χ1n) is 10.3. The second-order valence-corrected chi connectivity index (χ2v) is 7.90. The molecule has 0 saturated carbocycles. The van der Waals surface area contributed by atoms with E-state index in [2.05, 4.69) is 10.6 Å². The zero-order valence-corrected chi connectivity index (χ0v) is 17.6. The largest absolute Gasteiger partial charge is 0.486 e. The minimum atomic E-state index is -1.02. The van der Waals surface area contributed by atoms with Crippen LogP contribution in [0.1, 0.15) is 26.7 Å². The van der Waals surface area contributed by atoms with E-state index in [9.17, 15) is 19.2 Å². The summed E-state index contributed by atoms with van der Waals surface area (Å²) in [5, 5.41) is 13.9. The number of rotatable bonds is 8. The molecular formula is C21H27N3O7. The maximum Gasteiger partial charge on any atom is 0.305 e. The summed E-state index contributed by atoms with van der Waals surface area (Å²) in [5.74, 6) is -1.68. The Morgan fingerprint density at radius 3 is 2.58 bits per heavy atom. The molecule has 0 radical (unpaired) electrons. The highest BCUT2D eigenvalue weighted by Crippen LogP contribution is 2.36. The second-order valence-electron chi connectivity index (χ2n) is 7.90. The summed E-state index contributed by atoms with van der Waals surface area (Å²) in [6.45, 7) is 4.63. The van der Waals surface area contributed by atoms with Crippen LogP contribution in [0.15, 0.2) is 18.2 Å². The van der Waals surface area contributed by atoms with Crippen LogP contribution in [0.4, 0.5) is 5.69 Å². The van der Waals surface area contributed by atoms with Gasteiger partial charge >= 0.3 is 5.97 Å². The first kappa shape index (κ1) is 22.4. The topological polar surface area (TPSA) is 134 Å². The van der Waals surface area contributed by atoms with Crippen LogP contribution >= 0.6 is 0 Å². The zero-order chi connectivity index (χ0) is 22.5. The van der Waals surface area contributed by atoms with E-state index in [1.165, 1.54) is 4.90 Å². The number of ether oxygens (including phenoxy) is 2. The molecule has 2 aliphatic heterocycles. The molecule has 1 unspecified atom stereocenters. The third-order valence-corrected chi connectivity index (χ3v) is 5.22. The number of carboxylic acid groups (broad SMARTS) is 1. The van der Waals surface area contributed by atoms with Gasteiger partial charge in [0.1, 0.15) is 19.3 Å². The number of hydrogen-bond donors (Lipinski definition) is 3. The Labute approximate surface area is 179 Å². The Kier molecular flexibility index (Phi) is 6.98. The molecule has 3 amide bonds. The predicted octanol–water partition coefficient (Wildman–Crippen LogP) is 0.542. The summed E-state index contributed by atoms with van der Waals surface area (Å²) < 4.78 is 11.1. The fourth-order valence-electron chi connectivity index (χ4n) is 3.54. The van der Waals surface area contributed by atoms with Crippen molar-refractivity contribution in [3.63, 3.8) is 0 Å². The molecule has 0 spiro atoms. The number of nitrogens with one attached hydrogen (secondary N) is 2. The van der Waals surface area contributed by atoms with Gasteiger partial charge in [-0.25, -0.2) is 0 Å². The van der Waals surface area contributed by atoms with E-state index >= 15 is 0 Å². The van der Waals surface area contributed by atoms with Crippen LogP contribution in [0.3, 0.4) is 0 Å². The molecule has 10 nitrogen and oxygen atoms in total. The Morgan fingerprint density at radius 1 is 1.19 bits per heavy atom. The van der Waals surface area contributed by atoms with E-state index in [1.807, 2.05) is 0 Å². The number of nitrogens with zero attached hydrogens (tertiary/aromatic N) is 1. The van der Waals surface area contributed by atoms with Gasteiger partial charge in [-0.2, -0.15) is 0 Å². The highest BCUT2D eigenvalue weighted by molar-refractivity contribution is 6.01. The number of anilines is 1. The van der Waals surface area contributed by atoms with Crippen molar-refractivity contribution in [3.8, 4) is 11.5 Å². The van der Waals surface area contributed by atoms with Crippen LogP contribution in [-0.2, 0) is 19.2 Å². The van der Waals surface area contributed by atoms with Crippen molar-refractivity contribution in [1.82, 2.24) is 10.6 Å². The molecule has 31 heavy (non-hydrogen) atoms. The highest BCUT2D eigenvalue weighted by Gasteiger charge is 2.37. The van der Waals surface area contributed by atoms with Gasteiger partial charge in [-0.05, 0) is 18.1 Å². The van der Waals surface area contributed by atoms with Crippen molar-refractivity contribution in [3.05, 3.63) is 18.2 Å². The van der Waals surface area contributed by atoms with Gasteiger partial charge in [0.25, 0.3) is 0 Å². The Hall–Kier alpha value is -3.30. The number of amides is 3. The summed E-state index contributed by atoms with van der Waals surface area (Å²) in [6, 6.07) is 4.39. The third kappa shape index (κ3) is 5.44. The average Bonchev–Trinajstić information content (AvgIpc) is 3.12. The monoisotopic (exact) mass is 433 g/mol. The summed E-state index contributed by atoms with van der Waals surface area (Å²) in [6.07, 6.45) is -0.169. The van der Waals surface area contributed by atoms with Crippen molar-refractivity contribution in [1.29, 1.82) is 0 Å². The number of carbonyl (C=O) groups excluding carboxylic acids is 3. The van der Waals surface area contributed by atoms with Crippen molar-refractivity contribution in [2.24, 2.45) is 11.8 Å². The number of hydrogen-bond acceptors (Lipinski definition) is 6. The molecule has 168 valence electrons. The number of fused-ring (bicyclic) bond motifs is 1. The van der Waals surface area contributed by atoms with Gasteiger partial charge in [0.2, 0.25) is 17.7 Å². The zero-order valence-electron chi connectivity index (χ0n) is 17.6. The SMILES string of the molecule is CC(C)[C@H](NC(=O)C1CC(=O)N(c2ccc3c(c2)OCCO3)C1)C(=O)NCCC(=O)O. The molecule has 2 atom stereocenters. The van der Waals surface area contributed by atoms with Gasteiger partial charge in [-0.3, -0.25) is 19.2 Å². The summed E-state index contributed by atoms with van der Waals surface area (Å²) in [7, 11) is 0. The Balaban J connectivity index is 1.62. The molecule has 0 aliphatic carbocycles. The van der Waals surface area contributed by atoms with E-state index in [4.69, 9.17) is 14.6 Å². The Bertz CT molecular complexity index is 871. The maximum atomic E-state index is 12.8. The Morgan fingerprint density at radius 2 is 1.90 bits per heavy atom. The van der Waals surface area contributed by atoms with Gasteiger partial charge in [0, 0.05) is 31.3 Å². The molecule has 1 saturated heterocycles. The summed E-state index contributed by atoms with van der Waals surface area (Å²) in [4.78, 5) is 49.9. The quantitative estimate of drug-likeness (QED) is 0.545. The molecule has 3 N–H and O–H groups in total. The fraction of sp³-hybridized carbons (Fsp3) is 0.524. The molecule has 1 fully saturated rings.